The summed E-state index contributed by atoms with van der Waals surface area (Å²) in [7, 11) is -1.37. The van der Waals surface area contributed by atoms with Crippen LogP contribution in [0.5, 0.6) is 5.75 Å². The Labute approximate surface area is 221 Å². The Morgan fingerprint density at radius 3 is 2.41 bits per heavy atom. The van der Waals surface area contributed by atoms with E-state index in [1.165, 1.54) is 30.9 Å². The molecule has 6 nitrogen and oxygen atoms in total. The van der Waals surface area contributed by atoms with E-state index in [-0.39, 0.29) is 23.5 Å². The van der Waals surface area contributed by atoms with Gasteiger partial charge in [-0.15, -0.1) is 0 Å². The highest BCUT2D eigenvalue weighted by atomic mass is 32.2. The molecule has 3 aromatic rings. The van der Waals surface area contributed by atoms with Crippen LogP contribution in [-0.4, -0.2) is 31.3 Å². The molecule has 0 aliphatic carbocycles. The van der Waals surface area contributed by atoms with E-state index in [9.17, 15) is 18.5 Å². The lowest BCUT2D eigenvalue weighted by atomic mass is 10.00. The second-order valence-corrected chi connectivity index (χ2v) is 9.79. The van der Waals surface area contributed by atoms with Gasteiger partial charge >= 0.3 is 0 Å². The van der Waals surface area contributed by atoms with Gasteiger partial charge in [0.25, 0.3) is 5.91 Å². The summed E-state index contributed by atoms with van der Waals surface area (Å²) in [5, 5.41) is 17.5. The minimum Gasteiger partial charge on any atom is -0.507 e. The van der Waals surface area contributed by atoms with Gasteiger partial charge in [-0.25, -0.2) is 9.07 Å². The van der Waals surface area contributed by atoms with Crippen LogP contribution in [0, 0.1) is 5.82 Å². The van der Waals surface area contributed by atoms with Gasteiger partial charge in [-0.3, -0.25) is 9.00 Å². The predicted octanol–water partition coefficient (Wildman–Crippen LogP) is 6.57. The van der Waals surface area contributed by atoms with Crippen molar-refractivity contribution in [2.75, 3.05) is 6.26 Å². The molecule has 2 aromatic carbocycles. The standard InChI is InChI=1S/C26H28FN3O3S.C3H8/c1-5-8-22(17-9-14-24(31)25(15-17)34(4)33)29-26(32)20(6-2)21-16-28-30(23(21)7-3)19-12-10-18(27)11-13-19;1-3-2/h6-7,9-16,22,31H,3,5,8H2,1-2,4H3,(H,29,32);3H2,1-2H3/b20-6+;. The maximum atomic E-state index is 13.4. The molecule has 0 spiro atoms. The van der Waals surface area contributed by atoms with Crippen molar-refractivity contribution in [3.05, 3.63) is 84.0 Å². The van der Waals surface area contributed by atoms with Gasteiger partial charge < -0.3 is 10.4 Å². The molecule has 2 atom stereocenters. The van der Waals surface area contributed by atoms with E-state index in [1.54, 1.807) is 54.2 Å². The molecule has 1 heterocycles. The number of phenols is 1. The van der Waals surface area contributed by atoms with E-state index in [1.807, 2.05) is 6.92 Å². The Morgan fingerprint density at radius 1 is 1.22 bits per heavy atom. The number of nitrogens with one attached hydrogen (secondary N) is 1. The van der Waals surface area contributed by atoms with E-state index < -0.39 is 10.8 Å². The summed E-state index contributed by atoms with van der Waals surface area (Å²) in [5.41, 5.74) is 3.03. The van der Waals surface area contributed by atoms with Crippen molar-refractivity contribution in [3.63, 3.8) is 0 Å². The van der Waals surface area contributed by atoms with E-state index in [4.69, 9.17) is 0 Å². The van der Waals surface area contributed by atoms with Crippen molar-refractivity contribution < 1.29 is 18.5 Å². The number of benzene rings is 2. The van der Waals surface area contributed by atoms with Crippen LogP contribution in [0.2, 0.25) is 0 Å². The minimum absolute atomic E-state index is 0.0378. The first-order valence-electron chi connectivity index (χ1n) is 12.3. The summed E-state index contributed by atoms with van der Waals surface area (Å²) in [6.07, 6.45) is 9.12. The first kappa shape index (κ1) is 29.7. The summed E-state index contributed by atoms with van der Waals surface area (Å²) in [6, 6.07) is 10.5. The highest BCUT2D eigenvalue weighted by Gasteiger charge is 2.22. The summed E-state index contributed by atoms with van der Waals surface area (Å²) in [4.78, 5) is 13.7. The van der Waals surface area contributed by atoms with Crippen LogP contribution in [0.3, 0.4) is 0 Å². The molecule has 1 amide bonds. The zero-order chi connectivity index (χ0) is 27.5. The average Bonchev–Trinajstić information content (AvgIpc) is 3.29. The van der Waals surface area contributed by atoms with E-state index in [0.717, 1.165) is 12.0 Å². The maximum absolute atomic E-state index is 13.4. The number of hydrogen-bond donors (Lipinski definition) is 2. The zero-order valence-corrected chi connectivity index (χ0v) is 22.9. The number of carbonyl (C=O) groups is 1. The fourth-order valence-electron chi connectivity index (χ4n) is 3.78. The lowest BCUT2D eigenvalue weighted by molar-refractivity contribution is -0.116. The van der Waals surface area contributed by atoms with Crippen LogP contribution in [-0.2, 0) is 15.6 Å². The molecule has 0 fully saturated rings. The van der Waals surface area contributed by atoms with E-state index in [0.29, 0.717) is 33.8 Å². The fourth-order valence-corrected chi connectivity index (χ4v) is 4.45. The van der Waals surface area contributed by atoms with Gasteiger partial charge in [0.2, 0.25) is 0 Å². The van der Waals surface area contributed by atoms with Crippen molar-refractivity contribution in [1.29, 1.82) is 0 Å². The van der Waals surface area contributed by atoms with E-state index >= 15 is 0 Å². The number of nitrogens with zero attached hydrogens (tertiary/aromatic N) is 2. The molecule has 2 N–H and O–H groups in total. The number of rotatable bonds is 9. The van der Waals surface area contributed by atoms with Gasteiger partial charge in [-0.2, -0.15) is 5.10 Å². The summed E-state index contributed by atoms with van der Waals surface area (Å²) in [6.45, 7) is 11.9. The van der Waals surface area contributed by atoms with Crippen LogP contribution in [0.15, 0.2) is 66.2 Å². The fraction of sp³-hybridized carbons (Fsp3) is 0.310. The number of phenolic OH excluding ortho intramolecular Hbond substituents is 1. The maximum Gasteiger partial charge on any atom is 0.252 e. The molecule has 0 aliphatic rings. The highest BCUT2D eigenvalue weighted by Crippen LogP contribution is 2.29. The molecule has 0 bridgehead atoms. The number of aromatic nitrogens is 2. The lowest BCUT2D eigenvalue weighted by Crippen LogP contribution is -2.29. The van der Waals surface area contributed by atoms with Crippen molar-refractivity contribution >= 4 is 28.4 Å². The number of halogens is 1. The molecule has 0 saturated heterocycles. The van der Waals surface area contributed by atoms with Gasteiger partial charge in [-0.05, 0) is 61.4 Å². The first-order chi connectivity index (χ1) is 17.7. The number of carbonyl (C=O) groups excluding carboxylic acids is 1. The molecule has 37 heavy (non-hydrogen) atoms. The third kappa shape index (κ3) is 7.49. The Bertz CT molecular complexity index is 1270. The quantitative estimate of drug-likeness (QED) is 0.309. The molecule has 8 heteroatoms. The Kier molecular flexibility index (Phi) is 11.5. The van der Waals surface area contributed by atoms with Gasteiger partial charge in [0, 0.05) is 17.4 Å². The van der Waals surface area contributed by atoms with Crippen molar-refractivity contribution in [1.82, 2.24) is 15.1 Å². The van der Waals surface area contributed by atoms with Gasteiger partial charge in [0.1, 0.15) is 11.6 Å². The largest absolute Gasteiger partial charge is 0.507 e. The van der Waals surface area contributed by atoms with Crippen LogP contribution >= 0.6 is 0 Å². The SMILES string of the molecule is C=Cc1c(/C(=C\C)C(=O)NC(CCC)c2ccc(O)c(S(C)=O)c2)cnn1-c1ccc(F)cc1.CCC. The number of hydrogen-bond acceptors (Lipinski definition) is 4. The van der Waals surface area contributed by atoms with E-state index in [2.05, 4.69) is 30.8 Å². The Hall–Kier alpha value is -3.52. The highest BCUT2D eigenvalue weighted by molar-refractivity contribution is 7.84. The third-order valence-electron chi connectivity index (χ3n) is 5.47. The number of aromatic hydroxyl groups is 1. The molecule has 0 aliphatic heterocycles. The second-order valence-electron chi connectivity index (χ2n) is 8.44. The minimum atomic E-state index is -1.37. The molecule has 1 aromatic heterocycles. The molecule has 198 valence electrons. The molecule has 0 saturated carbocycles. The molecule has 3 rings (SSSR count). The first-order valence-corrected chi connectivity index (χ1v) is 13.9. The number of amides is 1. The van der Waals surface area contributed by atoms with Crippen LogP contribution in [0.4, 0.5) is 4.39 Å². The number of allylic oxidation sites excluding steroid dienone is 1. The van der Waals surface area contributed by atoms with Crippen molar-refractivity contribution in [3.8, 4) is 11.4 Å². The second kappa shape index (κ2) is 14.3. The molecular formula is C29H36FN3O3S. The smallest absolute Gasteiger partial charge is 0.252 e. The molecular weight excluding hydrogens is 489 g/mol. The zero-order valence-electron chi connectivity index (χ0n) is 22.1. The van der Waals surface area contributed by atoms with Crippen LogP contribution in [0.25, 0.3) is 17.3 Å². The van der Waals surface area contributed by atoms with Crippen molar-refractivity contribution in [2.24, 2.45) is 0 Å². The van der Waals surface area contributed by atoms with Gasteiger partial charge in [0.05, 0.1) is 39.3 Å². The van der Waals surface area contributed by atoms with Crippen molar-refractivity contribution in [2.45, 2.75) is 57.9 Å². The molecule has 0 radical (unpaired) electrons. The average molecular weight is 526 g/mol. The lowest BCUT2D eigenvalue weighted by Gasteiger charge is -2.20. The van der Waals surface area contributed by atoms with Gasteiger partial charge in [-0.1, -0.05) is 52.3 Å². The summed E-state index contributed by atoms with van der Waals surface area (Å²) in [5.74, 6) is -0.685. The third-order valence-corrected chi connectivity index (χ3v) is 6.42. The Morgan fingerprint density at radius 2 is 1.86 bits per heavy atom. The van der Waals surface area contributed by atoms with Crippen LogP contribution in [0.1, 0.15) is 69.8 Å². The predicted molar refractivity (Wildman–Crippen MR) is 149 cm³/mol. The summed E-state index contributed by atoms with van der Waals surface area (Å²) >= 11 is 0. The monoisotopic (exact) mass is 525 g/mol. The summed E-state index contributed by atoms with van der Waals surface area (Å²) < 4.78 is 26.9. The van der Waals surface area contributed by atoms with Gasteiger partial charge in [0.15, 0.2) is 0 Å². The topological polar surface area (TPSA) is 84.2 Å². The van der Waals surface area contributed by atoms with Crippen LogP contribution < -0.4 is 5.32 Å². The molecule has 2 unspecified atom stereocenters. The Balaban J connectivity index is 0.00000153. The normalized spacial score (nSPS) is 12.8.